The van der Waals surface area contributed by atoms with Gasteiger partial charge in [-0.05, 0) is 38.0 Å². The van der Waals surface area contributed by atoms with E-state index in [1.165, 1.54) is 5.56 Å². The van der Waals surface area contributed by atoms with Gasteiger partial charge in [-0.2, -0.15) is 0 Å². The number of aryl methyl sites for hydroxylation is 2. The lowest BCUT2D eigenvalue weighted by molar-refractivity contribution is 1.02. The number of hydrogen-bond donors (Lipinski definition) is 1. The van der Waals surface area contributed by atoms with Crippen molar-refractivity contribution >= 4 is 10.9 Å². The highest BCUT2D eigenvalue weighted by atomic mass is 16.1. The lowest BCUT2D eigenvalue weighted by Gasteiger charge is -2.06. The van der Waals surface area contributed by atoms with Crippen molar-refractivity contribution in [1.82, 2.24) is 4.98 Å². The molecule has 0 aliphatic rings. The highest BCUT2D eigenvalue weighted by Gasteiger charge is 2.06. The zero-order chi connectivity index (χ0) is 11.0. The first-order valence-corrected chi connectivity index (χ1v) is 5.25. The van der Waals surface area contributed by atoms with Gasteiger partial charge >= 0.3 is 0 Å². The average Bonchev–Trinajstić information content (AvgIpc) is 2.23. The van der Waals surface area contributed by atoms with Crippen LogP contribution in [0.1, 0.15) is 23.7 Å². The maximum absolute atomic E-state index is 12.0. The summed E-state index contributed by atoms with van der Waals surface area (Å²) in [6.45, 7) is 5.97. The number of benzene rings is 1. The summed E-state index contributed by atoms with van der Waals surface area (Å²) >= 11 is 0. The van der Waals surface area contributed by atoms with E-state index in [-0.39, 0.29) is 5.43 Å². The average molecular weight is 201 g/mol. The Bertz CT molecular complexity index is 566. The smallest absolute Gasteiger partial charge is 0.192 e. The Morgan fingerprint density at radius 3 is 2.67 bits per heavy atom. The summed E-state index contributed by atoms with van der Waals surface area (Å²) in [5.74, 6) is 0. The molecule has 0 aliphatic heterocycles. The lowest BCUT2D eigenvalue weighted by atomic mass is 10.1. The van der Waals surface area contributed by atoms with Crippen molar-refractivity contribution in [2.75, 3.05) is 0 Å². The molecule has 2 rings (SSSR count). The third kappa shape index (κ3) is 1.56. The molecule has 78 valence electrons. The topological polar surface area (TPSA) is 32.9 Å². The molecule has 0 saturated heterocycles. The van der Waals surface area contributed by atoms with Crippen molar-refractivity contribution in [1.29, 1.82) is 0 Å². The van der Waals surface area contributed by atoms with Crippen molar-refractivity contribution in [3.63, 3.8) is 0 Å². The van der Waals surface area contributed by atoms with Crippen LogP contribution < -0.4 is 5.43 Å². The van der Waals surface area contributed by atoms with Crippen molar-refractivity contribution in [2.45, 2.75) is 27.2 Å². The van der Waals surface area contributed by atoms with Gasteiger partial charge in [0.15, 0.2) is 5.43 Å². The number of hydrogen-bond acceptors (Lipinski definition) is 1. The van der Waals surface area contributed by atoms with Crippen molar-refractivity contribution in [3.8, 4) is 0 Å². The molecule has 0 aliphatic carbocycles. The van der Waals surface area contributed by atoms with Crippen LogP contribution in [0.25, 0.3) is 10.9 Å². The Hall–Kier alpha value is -1.57. The molecule has 0 unspecified atom stereocenters. The molecule has 0 fully saturated rings. The molecular formula is C13H15NO. The maximum Gasteiger partial charge on any atom is 0.192 e. The van der Waals surface area contributed by atoms with Crippen LogP contribution in [0.3, 0.4) is 0 Å². The van der Waals surface area contributed by atoms with E-state index in [1.54, 1.807) is 0 Å². The third-order valence-electron chi connectivity index (χ3n) is 2.85. The highest BCUT2D eigenvalue weighted by molar-refractivity contribution is 5.80. The molecule has 0 spiro atoms. The number of fused-ring (bicyclic) bond motifs is 1. The quantitative estimate of drug-likeness (QED) is 0.756. The molecule has 2 heteroatoms. The zero-order valence-electron chi connectivity index (χ0n) is 9.35. The molecule has 1 aromatic heterocycles. The number of nitrogens with one attached hydrogen (secondary N) is 1. The van der Waals surface area contributed by atoms with Crippen LogP contribution >= 0.6 is 0 Å². The number of aromatic nitrogens is 1. The van der Waals surface area contributed by atoms with Crippen LogP contribution in [0.4, 0.5) is 0 Å². The molecule has 0 radical (unpaired) electrons. The normalized spacial score (nSPS) is 10.9. The molecule has 0 bridgehead atoms. The van der Waals surface area contributed by atoms with E-state index < -0.39 is 0 Å². The van der Waals surface area contributed by atoms with Gasteiger partial charge in [0.25, 0.3) is 0 Å². The van der Waals surface area contributed by atoms with Crippen LogP contribution in [0.15, 0.2) is 23.0 Å². The molecule has 1 aromatic carbocycles. The van der Waals surface area contributed by atoms with Gasteiger partial charge < -0.3 is 4.98 Å². The van der Waals surface area contributed by atoms with Crippen LogP contribution in [0.5, 0.6) is 0 Å². The van der Waals surface area contributed by atoms with Gasteiger partial charge in [0, 0.05) is 22.2 Å². The summed E-state index contributed by atoms with van der Waals surface area (Å²) in [5.41, 5.74) is 4.15. The molecule has 1 N–H and O–H groups in total. The number of aromatic amines is 1. The summed E-state index contributed by atoms with van der Waals surface area (Å²) in [6.07, 6.45) is 0.866. The molecule has 0 atom stereocenters. The monoisotopic (exact) mass is 201 g/mol. The van der Waals surface area contributed by atoms with Gasteiger partial charge in [-0.3, -0.25) is 4.79 Å². The van der Waals surface area contributed by atoms with E-state index in [2.05, 4.69) is 11.9 Å². The summed E-state index contributed by atoms with van der Waals surface area (Å²) in [4.78, 5) is 15.3. The van der Waals surface area contributed by atoms with E-state index in [9.17, 15) is 4.79 Å². The maximum atomic E-state index is 12.0. The molecule has 0 saturated carbocycles. The Labute approximate surface area is 89.0 Å². The van der Waals surface area contributed by atoms with Gasteiger partial charge in [-0.25, -0.2) is 0 Å². The second-order valence-electron chi connectivity index (χ2n) is 3.96. The zero-order valence-corrected chi connectivity index (χ0v) is 9.35. The minimum Gasteiger partial charge on any atom is -0.358 e. The van der Waals surface area contributed by atoms with Gasteiger partial charge in [-0.15, -0.1) is 0 Å². The predicted molar refractivity (Wildman–Crippen MR) is 63.4 cm³/mol. The first kappa shape index (κ1) is 9.97. The third-order valence-corrected chi connectivity index (χ3v) is 2.85. The van der Waals surface area contributed by atoms with Gasteiger partial charge in [-0.1, -0.05) is 13.0 Å². The highest BCUT2D eigenvalue weighted by Crippen LogP contribution is 2.13. The Morgan fingerprint density at radius 2 is 2.00 bits per heavy atom. The second kappa shape index (κ2) is 3.54. The first-order chi connectivity index (χ1) is 7.13. The fraction of sp³-hybridized carbons (Fsp3) is 0.308. The van der Waals surface area contributed by atoms with E-state index in [0.29, 0.717) is 0 Å². The number of H-pyrrole nitrogens is 1. The van der Waals surface area contributed by atoms with Gasteiger partial charge in [0.1, 0.15) is 0 Å². The molecule has 1 heterocycles. The van der Waals surface area contributed by atoms with E-state index >= 15 is 0 Å². The Morgan fingerprint density at radius 1 is 1.27 bits per heavy atom. The largest absolute Gasteiger partial charge is 0.358 e. The SMILES string of the molecule is CCc1[nH]c2cc(C)ccc2c(=O)c1C. The minimum atomic E-state index is 0.153. The summed E-state index contributed by atoms with van der Waals surface area (Å²) in [6, 6.07) is 5.90. The van der Waals surface area contributed by atoms with Gasteiger partial charge in [0.05, 0.1) is 0 Å². The standard InChI is InChI=1S/C13H15NO/c1-4-11-9(3)13(15)10-6-5-8(2)7-12(10)14-11/h5-7H,4H2,1-3H3,(H,14,15). The van der Waals surface area contributed by atoms with Crippen LogP contribution in [0.2, 0.25) is 0 Å². The number of pyridine rings is 1. The van der Waals surface area contributed by atoms with E-state index in [4.69, 9.17) is 0 Å². The molecule has 2 aromatic rings. The van der Waals surface area contributed by atoms with E-state index in [1.807, 2.05) is 32.0 Å². The fourth-order valence-corrected chi connectivity index (χ4v) is 1.91. The van der Waals surface area contributed by atoms with Crippen LogP contribution in [-0.4, -0.2) is 4.98 Å². The summed E-state index contributed by atoms with van der Waals surface area (Å²) < 4.78 is 0. The van der Waals surface area contributed by atoms with Crippen LogP contribution in [-0.2, 0) is 6.42 Å². The van der Waals surface area contributed by atoms with E-state index in [0.717, 1.165) is 28.6 Å². The molecular weight excluding hydrogens is 186 g/mol. The molecule has 0 amide bonds. The number of rotatable bonds is 1. The summed E-state index contributed by atoms with van der Waals surface area (Å²) in [7, 11) is 0. The van der Waals surface area contributed by atoms with Gasteiger partial charge in [0.2, 0.25) is 0 Å². The Kier molecular flexibility index (Phi) is 2.35. The van der Waals surface area contributed by atoms with Crippen molar-refractivity contribution in [2.24, 2.45) is 0 Å². The van der Waals surface area contributed by atoms with Crippen LogP contribution in [0, 0.1) is 13.8 Å². The lowest BCUT2D eigenvalue weighted by Crippen LogP contribution is -2.11. The summed E-state index contributed by atoms with van der Waals surface area (Å²) in [5, 5.41) is 0.787. The second-order valence-corrected chi connectivity index (χ2v) is 3.96. The molecule has 15 heavy (non-hydrogen) atoms. The van der Waals surface area contributed by atoms with Crippen molar-refractivity contribution in [3.05, 3.63) is 45.2 Å². The molecule has 2 nitrogen and oxygen atoms in total. The predicted octanol–water partition coefficient (Wildman–Crippen LogP) is 2.71. The Balaban J connectivity index is 2.91. The first-order valence-electron chi connectivity index (χ1n) is 5.25. The fourth-order valence-electron chi connectivity index (χ4n) is 1.91. The van der Waals surface area contributed by atoms with Crippen molar-refractivity contribution < 1.29 is 0 Å². The minimum absolute atomic E-state index is 0.153.